The van der Waals surface area contributed by atoms with Crippen molar-refractivity contribution in [3.05, 3.63) is 21.9 Å². The van der Waals surface area contributed by atoms with E-state index in [9.17, 15) is 0 Å². The van der Waals surface area contributed by atoms with E-state index in [1.54, 1.807) is 5.56 Å². The quantitative estimate of drug-likeness (QED) is 0.832. The van der Waals surface area contributed by atoms with Crippen LogP contribution in [-0.2, 0) is 0 Å². The van der Waals surface area contributed by atoms with Crippen molar-refractivity contribution >= 4 is 11.3 Å². The summed E-state index contributed by atoms with van der Waals surface area (Å²) < 4.78 is 0. The van der Waals surface area contributed by atoms with Gasteiger partial charge in [0.15, 0.2) is 0 Å². The molecule has 0 spiro atoms. The maximum atomic E-state index is 3.92. The molecule has 1 saturated heterocycles. The Kier molecular flexibility index (Phi) is 5.03. The molecule has 2 fully saturated rings. The van der Waals surface area contributed by atoms with Crippen molar-refractivity contribution in [2.75, 3.05) is 19.6 Å². The van der Waals surface area contributed by atoms with Gasteiger partial charge in [-0.15, -0.1) is 11.3 Å². The summed E-state index contributed by atoms with van der Waals surface area (Å²) in [6, 6.07) is 2.96. The fourth-order valence-electron chi connectivity index (χ4n) is 4.46. The number of rotatable bonds is 6. The molecule has 2 heterocycles. The number of aryl methyl sites for hydroxylation is 1. The Balaban J connectivity index is 1.91. The van der Waals surface area contributed by atoms with Gasteiger partial charge in [0.1, 0.15) is 0 Å². The predicted molar refractivity (Wildman–Crippen MR) is 92.1 cm³/mol. The van der Waals surface area contributed by atoms with Crippen LogP contribution in [0.5, 0.6) is 0 Å². The summed E-state index contributed by atoms with van der Waals surface area (Å²) in [6.45, 7) is 8.28. The fourth-order valence-corrected chi connectivity index (χ4v) is 5.19. The molecule has 1 atom stereocenters. The second kappa shape index (κ2) is 6.80. The van der Waals surface area contributed by atoms with E-state index in [-0.39, 0.29) is 0 Å². The highest BCUT2D eigenvalue weighted by Crippen LogP contribution is 2.46. The van der Waals surface area contributed by atoms with Gasteiger partial charge in [0.2, 0.25) is 0 Å². The van der Waals surface area contributed by atoms with Crippen LogP contribution in [0, 0.1) is 6.92 Å². The van der Waals surface area contributed by atoms with Crippen molar-refractivity contribution in [3.63, 3.8) is 0 Å². The van der Waals surface area contributed by atoms with Gasteiger partial charge in [0.25, 0.3) is 0 Å². The van der Waals surface area contributed by atoms with Crippen molar-refractivity contribution in [2.24, 2.45) is 0 Å². The molecule has 1 aromatic rings. The maximum absolute atomic E-state index is 3.92. The molecule has 1 aliphatic heterocycles. The van der Waals surface area contributed by atoms with Crippen LogP contribution >= 0.6 is 11.3 Å². The largest absolute Gasteiger partial charge is 0.308 e. The van der Waals surface area contributed by atoms with Gasteiger partial charge in [0.05, 0.1) is 6.04 Å². The Bertz CT molecular complexity index is 442. The summed E-state index contributed by atoms with van der Waals surface area (Å²) in [6.07, 6.45) is 9.58. The zero-order valence-electron chi connectivity index (χ0n) is 13.7. The second-order valence-corrected chi connectivity index (χ2v) is 8.00. The monoisotopic (exact) mass is 306 g/mol. The van der Waals surface area contributed by atoms with Gasteiger partial charge in [-0.2, -0.15) is 0 Å². The molecule has 3 rings (SSSR count). The van der Waals surface area contributed by atoms with Gasteiger partial charge in [-0.25, -0.2) is 0 Å². The maximum Gasteiger partial charge on any atom is 0.0515 e. The normalized spacial score (nSPS) is 23.7. The summed E-state index contributed by atoms with van der Waals surface area (Å²) in [5.41, 5.74) is 1.93. The third-order valence-electron chi connectivity index (χ3n) is 5.43. The van der Waals surface area contributed by atoms with Crippen LogP contribution in [0.3, 0.4) is 0 Å². The lowest BCUT2D eigenvalue weighted by Gasteiger charge is -2.45. The van der Waals surface area contributed by atoms with Crippen LogP contribution in [0.25, 0.3) is 0 Å². The lowest BCUT2D eigenvalue weighted by molar-refractivity contribution is 0.0765. The third kappa shape index (κ3) is 3.06. The highest BCUT2D eigenvalue weighted by molar-refractivity contribution is 7.10. The SMILES string of the molecule is CCCNC(c1csc(C)c1)C1(N2CCCC2)CCCC1. The van der Waals surface area contributed by atoms with Gasteiger partial charge in [-0.1, -0.05) is 19.8 Å². The summed E-state index contributed by atoms with van der Waals surface area (Å²) in [7, 11) is 0. The highest BCUT2D eigenvalue weighted by atomic mass is 32.1. The molecule has 1 aliphatic carbocycles. The first kappa shape index (κ1) is 15.5. The summed E-state index contributed by atoms with van der Waals surface area (Å²) in [5.74, 6) is 0. The number of thiophene rings is 1. The molecule has 118 valence electrons. The molecule has 1 unspecified atom stereocenters. The van der Waals surface area contributed by atoms with E-state index < -0.39 is 0 Å². The minimum atomic E-state index is 0.388. The molecular formula is C18H30N2S. The Labute approximate surface area is 133 Å². The molecule has 1 saturated carbocycles. The van der Waals surface area contributed by atoms with E-state index in [2.05, 4.69) is 35.5 Å². The number of nitrogens with zero attached hydrogens (tertiary/aromatic N) is 1. The molecule has 1 N–H and O–H groups in total. The summed E-state index contributed by atoms with van der Waals surface area (Å²) in [5, 5.41) is 6.33. The van der Waals surface area contributed by atoms with Crippen molar-refractivity contribution in [1.82, 2.24) is 10.2 Å². The average molecular weight is 307 g/mol. The van der Waals surface area contributed by atoms with Gasteiger partial charge in [-0.3, -0.25) is 4.90 Å². The lowest BCUT2D eigenvalue weighted by Crippen LogP contribution is -2.54. The van der Waals surface area contributed by atoms with E-state index in [0.29, 0.717) is 11.6 Å². The summed E-state index contributed by atoms with van der Waals surface area (Å²) >= 11 is 1.91. The van der Waals surface area contributed by atoms with Crippen molar-refractivity contribution in [3.8, 4) is 0 Å². The highest BCUT2D eigenvalue weighted by Gasteiger charge is 2.47. The Hall–Kier alpha value is -0.380. The van der Waals surface area contributed by atoms with Crippen molar-refractivity contribution in [2.45, 2.75) is 70.4 Å². The molecular weight excluding hydrogens is 276 g/mol. The first-order valence-electron chi connectivity index (χ1n) is 8.80. The number of hydrogen-bond acceptors (Lipinski definition) is 3. The first-order chi connectivity index (χ1) is 10.3. The Morgan fingerprint density at radius 1 is 1.24 bits per heavy atom. The van der Waals surface area contributed by atoms with Crippen molar-refractivity contribution in [1.29, 1.82) is 0 Å². The zero-order chi connectivity index (χ0) is 14.7. The Morgan fingerprint density at radius 3 is 2.52 bits per heavy atom. The fraction of sp³-hybridized carbons (Fsp3) is 0.778. The van der Waals surface area contributed by atoms with Crippen LogP contribution < -0.4 is 5.32 Å². The molecule has 0 amide bonds. The minimum Gasteiger partial charge on any atom is -0.308 e. The van der Waals surface area contributed by atoms with Crippen LogP contribution in [0.2, 0.25) is 0 Å². The topological polar surface area (TPSA) is 15.3 Å². The van der Waals surface area contributed by atoms with Crippen LogP contribution in [0.1, 0.15) is 68.4 Å². The second-order valence-electron chi connectivity index (χ2n) is 6.88. The lowest BCUT2D eigenvalue weighted by atomic mass is 9.82. The summed E-state index contributed by atoms with van der Waals surface area (Å²) in [4.78, 5) is 4.28. The van der Waals surface area contributed by atoms with E-state index in [4.69, 9.17) is 0 Å². The molecule has 2 aliphatic rings. The van der Waals surface area contributed by atoms with Crippen LogP contribution in [-0.4, -0.2) is 30.1 Å². The van der Waals surface area contributed by atoms with Gasteiger partial charge < -0.3 is 5.32 Å². The van der Waals surface area contributed by atoms with Gasteiger partial charge in [-0.05, 0) is 75.7 Å². The third-order valence-corrected chi connectivity index (χ3v) is 6.30. The molecule has 0 radical (unpaired) electrons. The molecule has 0 bridgehead atoms. The predicted octanol–water partition coefficient (Wildman–Crippen LogP) is 4.51. The molecule has 3 heteroatoms. The standard InChI is InChI=1S/C18H30N2S/c1-3-10-19-17(16-13-15(2)21-14-16)18(8-4-5-9-18)20-11-6-7-12-20/h13-14,17,19H,3-12H2,1-2H3. The van der Waals surface area contributed by atoms with E-state index in [1.807, 2.05) is 11.3 Å². The number of nitrogens with one attached hydrogen (secondary N) is 1. The molecule has 1 aromatic heterocycles. The average Bonchev–Trinajstić information content (AvgIpc) is 3.20. The van der Waals surface area contributed by atoms with Crippen molar-refractivity contribution < 1.29 is 0 Å². The first-order valence-corrected chi connectivity index (χ1v) is 9.68. The Morgan fingerprint density at radius 2 is 1.95 bits per heavy atom. The smallest absolute Gasteiger partial charge is 0.0515 e. The zero-order valence-corrected chi connectivity index (χ0v) is 14.5. The number of hydrogen-bond donors (Lipinski definition) is 1. The molecule has 21 heavy (non-hydrogen) atoms. The molecule has 0 aromatic carbocycles. The van der Waals surface area contributed by atoms with Crippen LogP contribution in [0.15, 0.2) is 11.4 Å². The van der Waals surface area contributed by atoms with Crippen LogP contribution in [0.4, 0.5) is 0 Å². The molecule has 2 nitrogen and oxygen atoms in total. The van der Waals surface area contributed by atoms with E-state index in [0.717, 1.165) is 6.54 Å². The van der Waals surface area contributed by atoms with E-state index >= 15 is 0 Å². The van der Waals surface area contributed by atoms with Gasteiger partial charge >= 0.3 is 0 Å². The van der Waals surface area contributed by atoms with E-state index in [1.165, 1.54) is 62.9 Å². The number of likely N-dealkylation sites (tertiary alicyclic amines) is 1. The van der Waals surface area contributed by atoms with Gasteiger partial charge in [0, 0.05) is 10.4 Å². The minimum absolute atomic E-state index is 0.388.